The predicted octanol–water partition coefficient (Wildman–Crippen LogP) is 6.58. The molecule has 0 rings (SSSR count). The lowest BCUT2D eigenvalue weighted by molar-refractivity contribution is 0.497. The molecule has 0 aliphatic heterocycles. The minimum Gasteiger partial charge on any atom is -0.242 e. The van der Waals surface area contributed by atoms with Crippen LogP contribution in [-0.2, 0) is 0 Å². The van der Waals surface area contributed by atoms with Gasteiger partial charge in [-0.15, -0.1) is 0 Å². The van der Waals surface area contributed by atoms with E-state index in [1.54, 1.807) is 0 Å². The Labute approximate surface area is 135 Å². The Morgan fingerprint density at radius 2 is 0.810 bits per heavy atom. The third-order valence-corrected chi connectivity index (χ3v) is 4.20. The summed E-state index contributed by atoms with van der Waals surface area (Å²) in [4.78, 5) is 0. The molecule has 0 fully saturated rings. The molecule has 0 atom stereocenters. The second-order valence-electron chi connectivity index (χ2n) is 7.57. The van der Waals surface area contributed by atoms with Gasteiger partial charge in [-0.2, -0.15) is 0 Å². The summed E-state index contributed by atoms with van der Waals surface area (Å²) in [7, 11) is 0. The monoisotopic (exact) mass is 296 g/mol. The average Bonchev–Trinajstić information content (AvgIpc) is 2.42. The number of hydrogen-bond donors (Lipinski definition) is 0. The molecule has 0 heterocycles. The fourth-order valence-corrected chi connectivity index (χ4v) is 2.72. The number of unbranched alkanes of at least 4 members (excludes halogenated alkanes) is 8. The van der Waals surface area contributed by atoms with Crippen LogP contribution in [0.1, 0.15) is 105 Å². The van der Waals surface area contributed by atoms with Crippen LogP contribution in [0.2, 0.25) is 0 Å². The highest BCUT2D eigenvalue weighted by Crippen LogP contribution is 2.11. The maximum atomic E-state index is 4.66. The van der Waals surface area contributed by atoms with Crippen molar-refractivity contribution < 1.29 is 0 Å². The fraction of sp³-hybridized carbons (Fsp3) is 1.00. The molecule has 0 bridgehead atoms. The Bertz CT molecular complexity index is 166. The fourth-order valence-electron chi connectivity index (χ4n) is 2.72. The molecule has 1 heteroatoms. The lowest BCUT2D eigenvalue weighted by Crippen LogP contribution is -2.08. The van der Waals surface area contributed by atoms with Crippen LogP contribution in [0.25, 0.3) is 0 Å². The molecule has 0 aliphatic rings. The van der Waals surface area contributed by atoms with Crippen LogP contribution >= 0.6 is 0 Å². The van der Waals surface area contributed by atoms with E-state index in [1.807, 2.05) is 0 Å². The Hall–Kier alpha value is -0.0400. The van der Waals surface area contributed by atoms with Gasteiger partial charge < -0.3 is 0 Å². The van der Waals surface area contributed by atoms with Gasteiger partial charge in [-0.05, 0) is 24.7 Å². The third kappa shape index (κ3) is 20.0. The first kappa shape index (κ1) is 21.0. The van der Waals surface area contributed by atoms with Crippen LogP contribution in [0.5, 0.6) is 0 Å². The Morgan fingerprint density at radius 1 is 0.476 bits per heavy atom. The summed E-state index contributed by atoms with van der Waals surface area (Å²) in [5, 5.41) is 4.66. The molecule has 0 amide bonds. The van der Waals surface area contributed by atoms with Crippen LogP contribution < -0.4 is 5.32 Å². The van der Waals surface area contributed by atoms with E-state index in [0.717, 1.165) is 24.9 Å². The SMILES string of the molecule is CC(C)CCCCCCC[N]CCCCCCCC(C)C. The lowest BCUT2D eigenvalue weighted by atomic mass is 10.0. The van der Waals surface area contributed by atoms with E-state index in [0.29, 0.717) is 0 Å². The quantitative estimate of drug-likeness (QED) is 0.285. The highest BCUT2D eigenvalue weighted by Gasteiger charge is 1.96. The molecule has 127 valence electrons. The van der Waals surface area contributed by atoms with Gasteiger partial charge in [0.1, 0.15) is 0 Å². The molecule has 1 radical (unpaired) electrons. The summed E-state index contributed by atoms with van der Waals surface area (Å²) >= 11 is 0. The van der Waals surface area contributed by atoms with Crippen molar-refractivity contribution in [2.45, 2.75) is 105 Å². The van der Waals surface area contributed by atoms with E-state index in [4.69, 9.17) is 0 Å². The van der Waals surface area contributed by atoms with Crippen LogP contribution in [0.15, 0.2) is 0 Å². The number of rotatable bonds is 16. The van der Waals surface area contributed by atoms with E-state index >= 15 is 0 Å². The molecule has 1 nitrogen and oxygen atoms in total. The van der Waals surface area contributed by atoms with E-state index in [2.05, 4.69) is 33.0 Å². The summed E-state index contributed by atoms with van der Waals surface area (Å²) in [5.74, 6) is 1.76. The van der Waals surface area contributed by atoms with Crippen molar-refractivity contribution in [3.8, 4) is 0 Å². The summed E-state index contributed by atoms with van der Waals surface area (Å²) in [6.07, 6.45) is 16.7. The first-order chi connectivity index (χ1) is 10.1. The molecule has 0 unspecified atom stereocenters. The van der Waals surface area contributed by atoms with Gasteiger partial charge in [0.15, 0.2) is 0 Å². The molecule has 0 spiro atoms. The third-order valence-electron chi connectivity index (χ3n) is 4.20. The molecule has 0 N–H and O–H groups in total. The molecular weight excluding hydrogens is 254 g/mol. The van der Waals surface area contributed by atoms with E-state index in [9.17, 15) is 0 Å². The Morgan fingerprint density at radius 3 is 1.19 bits per heavy atom. The van der Waals surface area contributed by atoms with Crippen LogP contribution in [0, 0.1) is 11.8 Å². The Balaban J connectivity index is 2.96. The van der Waals surface area contributed by atoms with Crippen molar-refractivity contribution in [1.29, 1.82) is 0 Å². The van der Waals surface area contributed by atoms with Crippen molar-refractivity contribution in [2.75, 3.05) is 13.1 Å². The first-order valence-corrected chi connectivity index (χ1v) is 9.76. The van der Waals surface area contributed by atoms with Gasteiger partial charge in [0, 0.05) is 13.1 Å². The van der Waals surface area contributed by atoms with E-state index in [-0.39, 0.29) is 0 Å². The van der Waals surface area contributed by atoms with Gasteiger partial charge in [-0.3, -0.25) is 0 Å². The van der Waals surface area contributed by atoms with Gasteiger partial charge in [-0.25, -0.2) is 5.32 Å². The van der Waals surface area contributed by atoms with Crippen molar-refractivity contribution in [3.63, 3.8) is 0 Å². The van der Waals surface area contributed by atoms with E-state index in [1.165, 1.54) is 77.0 Å². The molecule has 0 aromatic carbocycles. The second-order valence-corrected chi connectivity index (χ2v) is 7.57. The molecule has 0 aromatic rings. The molecule has 21 heavy (non-hydrogen) atoms. The number of nitrogens with zero attached hydrogens (tertiary/aromatic N) is 1. The molecule has 0 aliphatic carbocycles. The summed E-state index contributed by atoms with van der Waals surface area (Å²) < 4.78 is 0. The summed E-state index contributed by atoms with van der Waals surface area (Å²) in [6.45, 7) is 11.5. The largest absolute Gasteiger partial charge is 0.242 e. The van der Waals surface area contributed by atoms with Crippen LogP contribution in [0.4, 0.5) is 0 Å². The predicted molar refractivity (Wildman–Crippen MR) is 96.9 cm³/mol. The van der Waals surface area contributed by atoms with Crippen molar-refractivity contribution in [1.82, 2.24) is 5.32 Å². The van der Waals surface area contributed by atoms with Gasteiger partial charge in [-0.1, -0.05) is 91.9 Å². The van der Waals surface area contributed by atoms with Gasteiger partial charge in [0.25, 0.3) is 0 Å². The van der Waals surface area contributed by atoms with Crippen LogP contribution in [0.3, 0.4) is 0 Å². The zero-order chi connectivity index (χ0) is 15.8. The standard InChI is InChI=1S/C20H42N/c1-19(2)15-11-7-5-9-13-17-21-18-14-10-6-8-12-16-20(3)4/h19-20H,5-18H2,1-4H3. The molecule has 0 aromatic heterocycles. The topological polar surface area (TPSA) is 14.1 Å². The van der Waals surface area contributed by atoms with Crippen molar-refractivity contribution in [3.05, 3.63) is 0 Å². The minimum atomic E-state index is 0.880. The molecule has 0 saturated carbocycles. The van der Waals surface area contributed by atoms with Crippen molar-refractivity contribution in [2.24, 2.45) is 11.8 Å². The normalized spacial score (nSPS) is 11.7. The highest BCUT2D eigenvalue weighted by molar-refractivity contribution is 4.53. The smallest absolute Gasteiger partial charge is 0.0133 e. The van der Waals surface area contributed by atoms with Crippen molar-refractivity contribution >= 4 is 0 Å². The van der Waals surface area contributed by atoms with E-state index < -0.39 is 0 Å². The second kappa shape index (κ2) is 16.3. The van der Waals surface area contributed by atoms with Gasteiger partial charge >= 0.3 is 0 Å². The average molecular weight is 297 g/mol. The zero-order valence-electron chi connectivity index (χ0n) is 15.5. The molecular formula is C20H42N. The summed E-state index contributed by atoms with van der Waals surface area (Å²) in [5.41, 5.74) is 0. The lowest BCUT2D eigenvalue weighted by Gasteiger charge is -2.05. The number of hydrogen-bond acceptors (Lipinski definition) is 0. The van der Waals surface area contributed by atoms with Gasteiger partial charge in [0.2, 0.25) is 0 Å². The maximum absolute atomic E-state index is 4.66. The minimum absolute atomic E-state index is 0.880. The Kier molecular flexibility index (Phi) is 16.3. The molecule has 0 saturated heterocycles. The van der Waals surface area contributed by atoms with Gasteiger partial charge in [0.05, 0.1) is 0 Å². The van der Waals surface area contributed by atoms with Crippen LogP contribution in [-0.4, -0.2) is 13.1 Å². The highest BCUT2D eigenvalue weighted by atomic mass is 14.8. The summed E-state index contributed by atoms with van der Waals surface area (Å²) in [6, 6.07) is 0. The first-order valence-electron chi connectivity index (χ1n) is 9.76. The zero-order valence-corrected chi connectivity index (χ0v) is 15.5. The maximum Gasteiger partial charge on any atom is 0.0133 e.